The van der Waals surface area contributed by atoms with Crippen molar-refractivity contribution in [3.05, 3.63) is 33.3 Å². The van der Waals surface area contributed by atoms with Crippen LogP contribution < -0.4 is 0 Å². The first-order valence-electron chi connectivity index (χ1n) is 7.14. The van der Waals surface area contributed by atoms with Gasteiger partial charge in [0, 0.05) is 16.0 Å². The summed E-state index contributed by atoms with van der Waals surface area (Å²) < 4.78 is 1.09. The van der Waals surface area contributed by atoms with Gasteiger partial charge in [-0.15, -0.1) is 0 Å². The maximum Gasteiger partial charge on any atom is 0.166 e. The van der Waals surface area contributed by atoms with Gasteiger partial charge in [0.15, 0.2) is 5.78 Å². The van der Waals surface area contributed by atoms with E-state index in [4.69, 9.17) is 0 Å². The summed E-state index contributed by atoms with van der Waals surface area (Å²) in [6.45, 7) is 8.57. The van der Waals surface area contributed by atoms with Crippen LogP contribution in [0.3, 0.4) is 0 Å². The molecular weight excluding hydrogens is 300 g/mol. The van der Waals surface area contributed by atoms with E-state index in [9.17, 15) is 4.79 Å². The Morgan fingerprint density at radius 3 is 2.53 bits per heavy atom. The number of hydrogen-bond donors (Lipinski definition) is 0. The molecule has 0 N–H and O–H groups in total. The highest BCUT2D eigenvalue weighted by Crippen LogP contribution is 2.42. The van der Waals surface area contributed by atoms with Gasteiger partial charge in [0.1, 0.15) is 0 Å². The summed E-state index contributed by atoms with van der Waals surface area (Å²) in [5.74, 6) is 0.526. The molecule has 0 radical (unpaired) electrons. The second-order valence-corrected chi connectivity index (χ2v) is 7.42. The smallest absolute Gasteiger partial charge is 0.166 e. The molecule has 1 unspecified atom stereocenters. The molecule has 19 heavy (non-hydrogen) atoms. The van der Waals surface area contributed by atoms with E-state index in [1.165, 1.54) is 12.8 Å². The minimum atomic E-state index is 0.142. The quantitative estimate of drug-likeness (QED) is 0.660. The van der Waals surface area contributed by atoms with Crippen molar-refractivity contribution in [1.29, 1.82) is 0 Å². The van der Waals surface area contributed by atoms with Crippen LogP contribution in [0.5, 0.6) is 0 Å². The van der Waals surface area contributed by atoms with Crippen LogP contribution in [0, 0.1) is 25.2 Å². The lowest BCUT2D eigenvalue weighted by Gasteiger charge is -2.37. The third-order valence-electron chi connectivity index (χ3n) is 4.59. The number of aryl methyl sites for hydroxylation is 2. The minimum absolute atomic E-state index is 0.142. The molecule has 1 aromatic rings. The van der Waals surface area contributed by atoms with Gasteiger partial charge in [-0.05, 0) is 55.4 Å². The predicted octanol–water partition coefficient (Wildman–Crippen LogP) is 5.47. The van der Waals surface area contributed by atoms with Crippen LogP contribution in [-0.4, -0.2) is 5.78 Å². The summed E-state index contributed by atoms with van der Waals surface area (Å²) >= 11 is 3.54. The summed E-state index contributed by atoms with van der Waals surface area (Å²) in [7, 11) is 0. The highest BCUT2D eigenvalue weighted by molar-refractivity contribution is 9.10. The summed E-state index contributed by atoms with van der Waals surface area (Å²) in [6.07, 6.45) is 4.65. The van der Waals surface area contributed by atoms with E-state index >= 15 is 0 Å². The van der Waals surface area contributed by atoms with Crippen molar-refractivity contribution in [1.82, 2.24) is 0 Å². The van der Waals surface area contributed by atoms with Gasteiger partial charge < -0.3 is 0 Å². The number of Topliss-reactive ketones (excluding diaryl/α,β-unsaturated/α-hetero) is 1. The van der Waals surface area contributed by atoms with E-state index in [0.717, 1.165) is 34.0 Å². The summed E-state index contributed by atoms with van der Waals surface area (Å²) in [5, 5.41) is 0. The van der Waals surface area contributed by atoms with E-state index < -0.39 is 0 Å². The average Bonchev–Trinajstić information content (AvgIpc) is 2.32. The molecule has 0 aromatic heterocycles. The molecule has 0 heterocycles. The van der Waals surface area contributed by atoms with Crippen molar-refractivity contribution < 1.29 is 4.79 Å². The molecule has 0 aliphatic heterocycles. The summed E-state index contributed by atoms with van der Waals surface area (Å²) in [6, 6.07) is 4.12. The van der Waals surface area contributed by atoms with E-state index in [2.05, 4.69) is 35.8 Å². The summed E-state index contributed by atoms with van der Waals surface area (Å²) in [5.41, 5.74) is 3.29. The fraction of sp³-hybridized carbons (Fsp3) is 0.588. The molecular formula is C17H23BrO. The fourth-order valence-electron chi connectivity index (χ4n) is 3.21. The molecule has 0 amide bonds. The third-order valence-corrected chi connectivity index (χ3v) is 5.45. The highest BCUT2D eigenvalue weighted by atomic mass is 79.9. The van der Waals surface area contributed by atoms with E-state index in [1.807, 2.05) is 19.9 Å². The van der Waals surface area contributed by atoms with Crippen molar-refractivity contribution in [2.24, 2.45) is 11.3 Å². The minimum Gasteiger partial charge on any atom is -0.294 e. The fourth-order valence-corrected chi connectivity index (χ4v) is 3.67. The Hall–Kier alpha value is -0.630. The Bertz CT molecular complexity index is 502. The standard InChI is InChI=1S/C17H23BrO/c1-11-10-15(18)12(2)9-13(11)16(19)14-7-5-6-8-17(14,3)4/h9-10,14H,5-8H2,1-4H3. The van der Waals surface area contributed by atoms with Crippen molar-refractivity contribution in [3.8, 4) is 0 Å². The second-order valence-electron chi connectivity index (χ2n) is 6.57. The zero-order valence-corrected chi connectivity index (χ0v) is 13.9. The van der Waals surface area contributed by atoms with Gasteiger partial charge in [-0.25, -0.2) is 0 Å². The number of halogens is 1. The lowest BCUT2D eigenvalue weighted by Crippen LogP contribution is -2.34. The van der Waals surface area contributed by atoms with Crippen LogP contribution in [0.1, 0.15) is 61.0 Å². The number of benzene rings is 1. The zero-order chi connectivity index (χ0) is 14.2. The van der Waals surface area contributed by atoms with Crippen LogP contribution in [0.4, 0.5) is 0 Å². The van der Waals surface area contributed by atoms with Gasteiger partial charge in [0.05, 0.1) is 0 Å². The van der Waals surface area contributed by atoms with E-state index in [0.29, 0.717) is 5.78 Å². The number of ketones is 1. The Kier molecular flexibility index (Phi) is 4.20. The molecule has 0 bridgehead atoms. The molecule has 0 spiro atoms. The van der Waals surface area contributed by atoms with Crippen LogP contribution in [-0.2, 0) is 0 Å². The maximum absolute atomic E-state index is 12.9. The summed E-state index contributed by atoms with van der Waals surface area (Å²) in [4.78, 5) is 12.9. The predicted molar refractivity (Wildman–Crippen MR) is 83.7 cm³/mol. The van der Waals surface area contributed by atoms with Gasteiger partial charge >= 0.3 is 0 Å². The van der Waals surface area contributed by atoms with Crippen molar-refractivity contribution in [3.63, 3.8) is 0 Å². The van der Waals surface area contributed by atoms with E-state index in [-0.39, 0.29) is 11.3 Å². The highest BCUT2D eigenvalue weighted by Gasteiger charge is 2.37. The molecule has 1 nitrogen and oxygen atoms in total. The molecule has 1 atom stereocenters. The molecule has 1 aliphatic carbocycles. The SMILES string of the molecule is Cc1cc(C(=O)C2CCCCC2(C)C)c(C)cc1Br. The lowest BCUT2D eigenvalue weighted by atomic mass is 9.66. The van der Waals surface area contributed by atoms with Crippen molar-refractivity contribution >= 4 is 21.7 Å². The Balaban J connectivity index is 2.36. The van der Waals surface area contributed by atoms with Gasteiger partial charge in [-0.2, -0.15) is 0 Å². The molecule has 2 rings (SSSR count). The first-order valence-corrected chi connectivity index (χ1v) is 7.93. The lowest BCUT2D eigenvalue weighted by molar-refractivity contribution is 0.0696. The molecule has 104 valence electrons. The van der Waals surface area contributed by atoms with Crippen LogP contribution in [0.15, 0.2) is 16.6 Å². The normalized spacial score (nSPS) is 22.3. The molecule has 1 aromatic carbocycles. The number of rotatable bonds is 2. The van der Waals surface area contributed by atoms with Crippen molar-refractivity contribution in [2.75, 3.05) is 0 Å². The molecule has 1 saturated carbocycles. The Labute approximate surface area is 124 Å². The first-order chi connectivity index (χ1) is 8.83. The maximum atomic E-state index is 12.9. The molecule has 1 aliphatic rings. The third kappa shape index (κ3) is 2.94. The first kappa shape index (κ1) is 14.8. The topological polar surface area (TPSA) is 17.1 Å². The zero-order valence-electron chi connectivity index (χ0n) is 12.3. The van der Waals surface area contributed by atoms with Crippen LogP contribution in [0.25, 0.3) is 0 Å². The average molecular weight is 323 g/mol. The molecule has 0 saturated heterocycles. The Morgan fingerprint density at radius 1 is 1.21 bits per heavy atom. The number of hydrogen-bond acceptors (Lipinski definition) is 1. The van der Waals surface area contributed by atoms with Gasteiger partial charge in [-0.3, -0.25) is 4.79 Å². The second kappa shape index (κ2) is 5.40. The number of carbonyl (C=O) groups excluding carboxylic acids is 1. The van der Waals surface area contributed by atoms with Crippen LogP contribution >= 0.6 is 15.9 Å². The Morgan fingerprint density at radius 2 is 1.89 bits per heavy atom. The largest absolute Gasteiger partial charge is 0.294 e. The van der Waals surface area contributed by atoms with Gasteiger partial charge in [0.2, 0.25) is 0 Å². The number of carbonyl (C=O) groups is 1. The molecule has 2 heteroatoms. The van der Waals surface area contributed by atoms with E-state index in [1.54, 1.807) is 0 Å². The van der Waals surface area contributed by atoms with Gasteiger partial charge in [0.25, 0.3) is 0 Å². The van der Waals surface area contributed by atoms with Crippen LogP contribution in [0.2, 0.25) is 0 Å². The molecule has 1 fully saturated rings. The van der Waals surface area contributed by atoms with Gasteiger partial charge in [-0.1, -0.05) is 42.6 Å². The monoisotopic (exact) mass is 322 g/mol. The van der Waals surface area contributed by atoms with Crippen molar-refractivity contribution in [2.45, 2.75) is 53.4 Å².